The van der Waals surface area contributed by atoms with Crippen LogP contribution in [0.5, 0.6) is 5.75 Å². The van der Waals surface area contributed by atoms with Crippen molar-refractivity contribution in [3.8, 4) is 17.0 Å². The van der Waals surface area contributed by atoms with Crippen LogP contribution in [0.4, 0.5) is 4.39 Å². The average Bonchev–Trinajstić information content (AvgIpc) is 3.02. The van der Waals surface area contributed by atoms with Crippen molar-refractivity contribution in [3.63, 3.8) is 0 Å². The van der Waals surface area contributed by atoms with Crippen molar-refractivity contribution >= 4 is 35.1 Å². The number of ether oxygens (including phenoxy) is 1. The topological polar surface area (TPSA) is 44.1 Å². The van der Waals surface area contributed by atoms with Gasteiger partial charge in [0.25, 0.3) is 0 Å². The second kappa shape index (κ2) is 7.94. The van der Waals surface area contributed by atoms with Crippen LogP contribution >= 0.6 is 23.2 Å². The van der Waals surface area contributed by atoms with E-state index in [0.29, 0.717) is 38.3 Å². The number of allylic oxidation sites excluding steroid dienone is 1. The summed E-state index contributed by atoms with van der Waals surface area (Å²) < 4.78 is 20.8. The van der Waals surface area contributed by atoms with Crippen LogP contribution in [-0.4, -0.2) is 22.7 Å². The fourth-order valence-electron chi connectivity index (χ4n) is 2.51. The maximum Gasteiger partial charge on any atom is 0.185 e. The molecule has 0 atom stereocenters. The minimum absolute atomic E-state index is 0.230. The molecule has 0 saturated heterocycles. The first-order chi connectivity index (χ1) is 12.9. The Labute approximate surface area is 165 Å². The second-order valence-electron chi connectivity index (χ2n) is 5.75. The maximum absolute atomic E-state index is 14.2. The maximum atomic E-state index is 14.2. The first kappa shape index (κ1) is 19.1. The predicted molar refractivity (Wildman–Crippen MR) is 105 cm³/mol. The van der Waals surface area contributed by atoms with E-state index in [9.17, 15) is 9.18 Å². The molecule has 0 radical (unpaired) electrons. The van der Waals surface area contributed by atoms with E-state index in [-0.39, 0.29) is 5.78 Å². The lowest BCUT2D eigenvalue weighted by molar-refractivity contribution is 0.104. The van der Waals surface area contributed by atoms with E-state index < -0.39 is 5.82 Å². The van der Waals surface area contributed by atoms with Gasteiger partial charge in [-0.3, -0.25) is 9.48 Å². The number of rotatable bonds is 5. The molecule has 3 aromatic rings. The second-order valence-corrected chi connectivity index (χ2v) is 6.56. The van der Waals surface area contributed by atoms with Crippen molar-refractivity contribution in [2.45, 2.75) is 0 Å². The number of halogens is 3. The lowest BCUT2D eigenvalue weighted by Gasteiger charge is -2.02. The van der Waals surface area contributed by atoms with Gasteiger partial charge < -0.3 is 4.74 Å². The molecule has 0 spiro atoms. The number of hydrogen-bond acceptors (Lipinski definition) is 3. The van der Waals surface area contributed by atoms with Crippen LogP contribution in [0.3, 0.4) is 0 Å². The first-order valence-corrected chi connectivity index (χ1v) is 8.70. The fraction of sp³-hybridized carbons (Fsp3) is 0.100. The third-order valence-corrected chi connectivity index (χ3v) is 4.72. The third-order valence-electron chi connectivity index (χ3n) is 3.98. The standard InChI is InChI=1S/C20H15Cl2FN2O2/c1-25-13(4-8-20(26)12-3-7-16(21)17(22)9-12)10-19(24-25)15-6-5-14(27-2)11-18(15)23/h3-11H,1-2H3/b8-4+. The zero-order valence-electron chi connectivity index (χ0n) is 14.5. The summed E-state index contributed by atoms with van der Waals surface area (Å²) in [6.45, 7) is 0. The molecule has 27 heavy (non-hydrogen) atoms. The number of benzene rings is 2. The first-order valence-electron chi connectivity index (χ1n) is 7.94. The van der Waals surface area contributed by atoms with Crippen molar-refractivity contribution in [3.05, 3.63) is 75.7 Å². The van der Waals surface area contributed by atoms with Crippen LogP contribution in [0.25, 0.3) is 17.3 Å². The number of ketones is 1. The Morgan fingerprint density at radius 2 is 1.93 bits per heavy atom. The SMILES string of the molecule is COc1ccc(-c2cc(/C=C/C(=O)c3ccc(Cl)c(Cl)c3)n(C)n2)c(F)c1. The van der Waals surface area contributed by atoms with Gasteiger partial charge in [0.15, 0.2) is 5.78 Å². The molecule has 138 valence electrons. The zero-order valence-corrected chi connectivity index (χ0v) is 16.1. The van der Waals surface area contributed by atoms with Crippen molar-refractivity contribution in [2.75, 3.05) is 7.11 Å². The van der Waals surface area contributed by atoms with Gasteiger partial charge in [-0.05, 0) is 48.6 Å². The smallest absolute Gasteiger partial charge is 0.185 e. The van der Waals surface area contributed by atoms with Gasteiger partial charge in [0.05, 0.1) is 28.5 Å². The Morgan fingerprint density at radius 1 is 1.15 bits per heavy atom. The molecule has 0 aliphatic heterocycles. The molecule has 3 rings (SSSR count). The van der Waals surface area contributed by atoms with E-state index in [4.69, 9.17) is 27.9 Å². The molecule has 0 fully saturated rings. The van der Waals surface area contributed by atoms with Crippen LogP contribution in [0.2, 0.25) is 10.0 Å². The molecule has 7 heteroatoms. The summed E-state index contributed by atoms with van der Waals surface area (Å²) in [5, 5.41) is 5.01. The molecule has 0 N–H and O–H groups in total. The van der Waals surface area contributed by atoms with Crippen LogP contribution in [-0.2, 0) is 7.05 Å². The van der Waals surface area contributed by atoms with Crippen molar-refractivity contribution < 1.29 is 13.9 Å². The molecule has 0 unspecified atom stereocenters. The number of methoxy groups -OCH3 is 1. The number of hydrogen-bond donors (Lipinski definition) is 0. The van der Waals surface area contributed by atoms with Gasteiger partial charge >= 0.3 is 0 Å². The molecule has 0 bridgehead atoms. The molecule has 1 aromatic heterocycles. The summed E-state index contributed by atoms with van der Waals surface area (Å²) in [4.78, 5) is 12.3. The fourth-order valence-corrected chi connectivity index (χ4v) is 2.80. The molecule has 0 aliphatic rings. The molecule has 0 aliphatic carbocycles. The quantitative estimate of drug-likeness (QED) is 0.420. The molecular weight excluding hydrogens is 390 g/mol. The lowest BCUT2D eigenvalue weighted by atomic mass is 10.1. The van der Waals surface area contributed by atoms with Crippen molar-refractivity contribution in [1.29, 1.82) is 0 Å². The zero-order chi connectivity index (χ0) is 19.6. The Balaban J connectivity index is 1.85. The molecule has 0 saturated carbocycles. The number of aryl methyl sites for hydroxylation is 1. The van der Waals surface area contributed by atoms with Crippen molar-refractivity contribution in [2.24, 2.45) is 7.05 Å². The van der Waals surface area contributed by atoms with Crippen LogP contribution in [0, 0.1) is 5.82 Å². The molecular formula is C20H15Cl2FN2O2. The molecule has 2 aromatic carbocycles. The van der Waals surface area contributed by atoms with E-state index in [1.807, 2.05) is 0 Å². The highest BCUT2D eigenvalue weighted by Gasteiger charge is 2.12. The molecule has 4 nitrogen and oxygen atoms in total. The van der Waals surface area contributed by atoms with E-state index in [0.717, 1.165) is 0 Å². The summed E-state index contributed by atoms with van der Waals surface area (Å²) in [6, 6.07) is 10.9. The normalized spacial score (nSPS) is 11.1. The highest BCUT2D eigenvalue weighted by Crippen LogP contribution is 2.26. The Bertz CT molecular complexity index is 1040. The van der Waals surface area contributed by atoms with Crippen molar-refractivity contribution in [1.82, 2.24) is 9.78 Å². The van der Waals surface area contributed by atoms with Gasteiger partial charge in [-0.1, -0.05) is 23.2 Å². The number of carbonyl (C=O) groups is 1. The van der Waals surface area contributed by atoms with Crippen LogP contribution in [0.15, 0.2) is 48.5 Å². The number of carbonyl (C=O) groups excluding carboxylic acids is 1. The van der Waals surface area contributed by atoms with Gasteiger partial charge in [0.1, 0.15) is 11.6 Å². The Hall–Kier alpha value is -2.63. The predicted octanol–water partition coefficient (Wildman–Crippen LogP) is 5.44. The van der Waals surface area contributed by atoms with E-state index in [1.54, 1.807) is 48.1 Å². The lowest BCUT2D eigenvalue weighted by Crippen LogP contribution is -1.96. The largest absolute Gasteiger partial charge is 0.497 e. The van der Waals surface area contributed by atoms with Gasteiger partial charge in [0.2, 0.25) is 0 Å². The summed E-state index contributed by atoms with van der Waals surface area (Å²) in [6.07, 6.45) is 3.02. The third kappa shape index (κ3) is 4.21. The van der Waals surface area contributed by atoms with E-state index in [2.05, 4.69) is 5.10 Å². The highest BCUT2D eigenvalue weighted by atomic mass is 35.5. The van der Waals surface area contributed by atoms with Gasteiger partial charge in [-0.15, -0.1) is 0 Å². The van der Waals surface area contributed by atoms with Gasteiger partial charge in [0, 0.05) is 24.2 Å². The minimum Gasteiger partial charge on any atom is -0.497 e. The van der Waals surface area contributed by atoms with Gasteiger partial charge in [-0.2, -0.15) is 5.10 Å². The Kier molecular flexibility index (Phi) is 5.63. The summed E-state index contributed by atoms with van der Waals surface area (Å²) in [7, 11) is 3.19. The van der Waals surface area contributed by atoms with Crippen LogP contribution in [0.1, 0.15) is 16.1 Å². The van der Waals surface area contributed by atoms with E-state index in [1.165, 1.54) is 25.3 Å². The van der Waals surface area contributed by atoms with E-state index >= 15 is 0 Å². The summed E-state index contributed by atoms with van der Waals surface area (Å²) in [5.41, 5.74) is 1.87. The van der Waals surface area contributed by atoms with Gasteiger partial charge in [-0.25, -0.2) is 4.39 Å². The van der Waals surface area contributed by atoms with Crippen LogP contribution < -0.4 is 4.74 Å². The summed E-state index contributed by atoms with van der Waals surface area (Å²) >= 11 is 11.8. The summed E-state index contributed by atoms with van der Waals surface area (Å²) in [5.74, 6) is -0.235. The minimum atomic E-state index is -0.435. The number of aromatic nitrogens is 2. The number of nitrogens with zero attached hydrogens (tertiary/aromatic N) is 2. The Morgan fingerprint density at radius 3 is 2.59 bits per heavy atom. The highest BCUT2D eigenvalue weighted by molar-refractivity contribution is 6.42. The molecule has 0 amide bonds. The monoisotopic (exact) mass is 404 g/mol. The molecule has 1 heterocycles. The average molecular weight is 405 g/mol.